The molecule has 2 aromatic rings. The molecule has 5 N–H and O–H groups in total. The van der Waals surface area contributed by atoms with Crippen LogP contribution in [0, 0.1) is 5.92 Å². The van der Waals surface area contributed by atoms with Gasteiger partial charge in [0.05, 0.1) is 19.0 Å². The Kier molecular flexibility index (Phi) is 4.08. The molecule has 4 atom stereocenters. The fraction of sp³-hybridized carbons (Fsp3) is 0.545. The first kappa shape index (κ1) is 16.2. The third-order valence-electron chi connectivity index (χ3n) is 3.75. The van der Waals surface area contributed by atoms with E-state index >= 15 is 0 Å². The molecule has 0 bridgehead atoms. The Bertz CT molecular complexity index is 762. The van der Waals surface area contributed by atoms with Crippen molar-refractivity contribution in [2.75, 3.05) is 12.3 Å². The van der Waals surface area contributed by atoms with Crippen molar-refractivity contribution >= 4 is 24.8 Å². The zero-order valence-electron chi connectivity index (χ0n) is 12.1. The molecule has 0 radical (unpaired) electrons. The number of phosphoric acid groups is 1. The monoisotopic (exact) mass is 345 g/mol. The number of phosphoric ester groups is 1. The van der Waals surface area contributed by atoms with Crippen LogP contribution in [0.3, 0.4) is 0 Å². The number of fused-ring (bicyclic) bond motifs is 1. The summed E-state index contributed by atoms with van der Waals surface area (Å²) in [6.45, 7) is 1.30. The molecule has 0 amide bonds. The van der Waals surface area contributed by atoms with Crippen molar-refractivity contribution in [3.63, 3.8) is 0 Å². The van der Waals surface area contributed by atoms with Crippen LogP contribution in [0.15, 0.2) is 12.7 Å². The molecule has 2 aromatic heterocycles. The molecular weight excluding hydrogens is 329 g/mol. The lowest BCUT2D eigenvalue weighted by molar-refractivity contribution is -0.0439. The summed E-state index contributed by atoms with van der Waals surface area (Å²) in [6.07, 6.45) is 0.271. The van der Waals surface area contributed by atoms with Gasteiger partial charge in [0.2, 0.25) is 0 Å². The number of hydrogen-bond acceptors (Lipinski definition) is 8. The lowest BCUT2D eigenvalue weighted by Gasteiger charge is -2.17. The second kappa shape index (κ2) is 5.78. The van der Waals surface area contributed by atoms with Crippen LogP contribution in [0.1, 0.15) is 13.2 Å². The van der Waals surface area contributed by atoms with Gasteiger partial charge in [0, 0.05) is 5.92 Å². The van der Waals surface area contributed by atoms with E-state index in [2.05, 4.69) is 19.5 Å². The standard InChI is InChI=1S/C11H16N5O6P/c1-5-8(17)6(2-21-23(18,19)20)22-11(5)16-4-15-7-9(12)13-3-14-10(7)16/h3-6,8,11,17H,2H2,1H3,(H2,12,13,14)(H2,18,19,20). The molecular formula is C11H16N5O6P. The molecule has 4 unspecified atom stereocenters. The molecule has 0 saturated carbocycles. The Morgan fingerprint density at radius 2 is 2.17 bits per heavy atom. The first-order chi connectivity index (χ1) is 10.8. The number of aromatic nitrogens is 4. The Morgan fingerprint density at radius 1 is 1.43 bits per heavy atom. The second-order valence-electron chi connectivity index (χ2n) is 5.28. The smallest absolute Gasteiger partial charge is 0.390 e. The Morgan fingerprint density at radius 3 is 2.87 bits per heavy atom. The average Bonchev–Trinajstić information content (AvgIpc) is 3.01. The summed E-state index contributed by atoms with van der Waals surface area (Å²) in [6, 6.07) is 0. The number of nitrogens with two attached hydrogens (primary N) is 1. The number of nitrogen functional groups attached to an aromatic ring is 1. The van der Waals surface area contributed by atoms with Gasteiger partial charge in [-0.1, -0.05) is 6.92 Å². The number of imidazole rings is 1. The summed E-state index contributed by atoms with van der Waals surface area (Å²) < 4.78 is 22.5. The van der Waals surface area contributed by atoms with Crippen molar-refractivity contribution in [1.82, 2.24) is 19.5 Å². The van der Waals surface area contributed by atoms with Gasteiger partial charge in [0.25, 0.3) is 0 Å². The minimum Gasteiger partial charge on any atom is -0.390 e. The molecule has 23 heavy (non-hydrogen) atoms. The molecule has 1 aliphatic rings. The Hall–Kier alpha value is -1.62. The summed E-state index contributed by atoms with van der Waals surface area (Å²) in [5.41, 5.74) is 6.58. The van der Waals surface area contributed by atoms with Crippen LogP contribution in [0.2, 0.25) is 0 Å². The highest BCUT2D eigenvalue weighted by Crippen LogP contribution is 2.40. The SMILES string of the molecule is CC1C(O)C(COP(=O)(O)O)OC1n1cnc2c(N)ncnc21. The van der Waals surface area contributed by atoms with Crippen molar-refractivity contribution in [1.29, 1.82) is 0 Å². The third kappa shape index (κ3) is 3.07. The summed E-state index contributed by atoms with van der Waals surface area (Å²) in [7, 11) is -4.64. The number of hydrogen-bond donors (Lipinski definition) is 4. The van der Waals surface area contributed by atoms with Gasteiger partial charge < -0.3 is 25.4 Å². The van der Waals surface area contributed by atoms with Crippen LogP contribution in [0.4, 0.5) is 5.82 Å². The van der Waals surface area contributed by atoms with Gasteiger partial charge in [-0.3, -0.25) is 9.09 Å². The molecule has 0 aromatic carbocycles. The second-order valence-corrected chi connectivity index (χ2v) is 6.52. The van der Waals surface area contributed by atoms with Crippen molar-refractivity contribution in [3.8, 4) is 0 Å². The number of nitrogens with zero attached hydrogens (tertiary/aromatic N) is 4. The van der Waals surface area contributed by atoms with E-state index in [1.807, 2.05) is 0 Å². The average molecular weight is 345 g/mol. The molecule has 126 valence electrons. The van der Waals surface area contributed by atoms with E-state index < -0.39 is 32.9 Å². The first-order valence-electron chi connectivity index (χ1n) is 6.74. The van der Waals surface area contributed by atoms with Crippen LogP contribution in [-0.2, 0) is 13.8 Å². The highest BCUT2D eigenvalue weighted by Gasteiger charge is 2.43. The molecule has 1 fully saturated rings. The van der Waals surface area contributed by atoms with Gasteiger partial charge in [0.15, 0.2) is 11.5 Å². The number of ether oxygens (including phenoxy) is 1. The van der Waals surface area contributed by atoms with Gasteiger partial charge in [-0.25, -0.2) is 19.5 Å². The highest BCUT2D eigenvalue weighted by molar-refractivity contribution is 7.46. The fourth-order valence-corrected chi connectivity index (χ4v) is 2.92. The maximum atomic E-state index is 10.8. The topological polar surface area (TPSA) is 166 Å². The maximum absolute atomic E-state index is 10.8. The zero-order valence-corrected chi connectivity index (χ0v) is 12.9. The largest absolute Gasteiger partial charge is 0.469 e. The lowest BCUT2D eigenvalue weighted by Crippen LogP contribution is -2.29. The van der Waals surface area contributed by atoms with Gasteiger partial charge >= 0.3 is 7.82 Å². The fourth-order valence-electron chi connectivity index (χ4n) is 2.57. The third-order valence-corrected chi connectivity index (χ3v) is 4.24. The number of anilines is 1. The molecule has 3 rings (SSSR count). The van der Waals surface area contributed by atoms with E-state index in [1.165, 1.54) is 12.7 Å². The van der Waals surface area contributed by atoms with Crippen LogP contribution in [-0.4, -0.2) is 53.2 Å². The van der Waals surface area contributed by atoms with E-state index in [0.717, 1.165) is 0 Å². The molecule has 3 heterocycles. The van der Waals surface area contributed by atoms with Crippen LogP contribution in [0.5, 0.6) is 0 Å². The van der Waals surface area contributed by atoms with Crippen molar-refractivity contribution < 1.29 is 28.7 Å². The van der Waals surface area contributed by atoms with E-state index in [9.17, 15) is 9.67 Å². The number of rotatable bonds is 4. The van der Waals surface area contributed by atoms with E-state index in [1.54, 1.807) is 11.5 Å². The van der Waals surface area contributed by atoms with Crippen molar-refractivity contribution in [2.24, 2.45) is 5.92 Å². The number of aliphatic hydroxyl groups is 1. The summed E-state index contributed by atoms with van der Waals surface area (Å²) in [5, 5.41) is 10.2. The molecule has 1 aliphatic heterocycles. The van der Waals surface area contributed by atoms with E-state index in [-0.39, 0.29) is 11.7 Å². The van der Waals surface area contributed by atoms with Crippen molar-refractivity contribution in [3.05, 3.63) is 12.7 Å². The summed E-state index contributed by atoms with van der Waals surface area (Å²) in [4.78, 5) is 29.6. The predicted molar refractivity (Wildman–Crippen MR) is 76.8 cm³/mol. The van der Waals surface area contributed by atoms with E-state index in [4.69, 9.17) is 20.3 Å². The minimum atomic E-state index is -4.64. The highest BCUT2D eigenvalue weighted by atomic mass is 31.2. The first-order valence-corrected chi connectivity index (χ1v) is 8.27. The molecule has 11 nitrogen and oxygen atoms in total. The Labute approximate surface area is 130 Å². The van der Waals surface area contributed by atoms with Gasteiger partial charge in [0.1, 0.15) is 24.2 Å². The molecule has 12 heteroatoms. The minimum absolute atomic E-state index is 0.223. The lowest BCUT2D eigenvalue weighted by atomic mass is 10.0. The van der Waals surface area contributed by atoms with Crippen LogP contribution >= 0.6 is 7.82 Å². The summed E-state index contributed by atoms with van der Waals surface area (Å²) >= 11 is 0. The van der Waals surface area contributed by atoms with Crippen LogP contribution in [0.25, 0.3) is 11.2 Å². The van der Waals surface area contributed by atoms with E-state index in [0.29, 0.717) is 11.2 Å². The quantitative estimate of drug-likeness (QED) is 0.526. The maximum Gasteiger partial charge on any atom is 0.469 e. The molecule has 0 spiro atoms. The predicted octanol–water partition coefficient (Wildman–Crippen LogP) is -0.588. The van der Waals surface area contributed by atoms with Crippen molar-refractivity contribution in [2.45, 2.75) is 25.4 Å². The molecule has 1 saturated heterocycles. The van der Waals surface area contributed by atoms with Gasteiger partial charge in [-0.15, -0.1) is 0 Å². The van der Waals surface area contributed by atoms with Gasteiger partial charge in [-0.2, -0.15) is 0 Å². The van der Waals surface area contributed by atoms with Crippen LogP contribution < -0.4 is 5.73 Å². The Balaban J connectivity index is 1.85. The zero-order chi connectivity index (χ0) is 16.8. The van der Waals surface area contributed by atoms with Gasteiger partial charge in [-0.05, 0) is 0 Å². The molecule has 0 aliphatic carbocycles. The summed E-state index contributed by atoms with van der Waals surface area (Å²) in [5.74, 6) is -0.157. The number of aliphatic hydroxyl groups excluding tert-OH is 1. The normalized spacial score (nSPS) is 28.5.